The Balaban J connectivity index is 1.59. The minimum absolute atomic E-state index is 0.0486. The number of nitrogens with zero attached hydrogens (tertiary/aromatic N) is 2. The van der Waals surface area contributed by atoms with Crippen molar-refractivity contribution >= 4 is 22.9 Å². The van der Waals surface area contributed by atoms with E-state index in [0.29, 0.717) is 0 Å². The van der Waals surface area contributed by atoms with E-state index in [1.54, 1.807) is 18.3 Å². The molecule has 0 unspecified atom stereocenters. The zero-order valence-corrected chi connectivity index (χ0v) is 13.5. The second-order valence-corrected chi connectivity index (χ2v) is 5.44. The molecule has 0 radical (unpaired) electrons. The van der Waals surface area contributed by atoms with Crippen LogP contribution in [0.1, 0.15) is 16.8 Å². The smallest absolute Gasteiger partial charge is 0.433 e. The van der Waals surface area contributed by atoms with Crippen LogP contribution in [0.3, 0.4) is 0 Å². The number of esters is 1. The third kappa shape index (κ3) is 4.08. The van der Waals surface area contributed by atoms with Crippen LogP contribution < -0.4 is 0 Å². The number of fused-ring (bicyclic) bond motifs is 1. The van der Waals surface area contributed by atoms with Crippen molar-refractivity contribution in [3.63, 3.8) is 0 Å². The Kier molecular flexibility index (Phi) is 5.01. The highest BCUT2D eigenvalue weighted by molar-refractivity contribution is 5.92. The highest BCUT2D eigenvalue weighted by Crippen LogP contribution is 2.30. The Labute approximate surface area is 146 Å². The number of halogens is 3. The number of hydrogen-bond donors (Lipinski definition) is 1. The molecule has 134 valence electrons. The van der Waals surface area contributed by atoms with Gasteiger partial charge < -0.3 is 4.74 Å². The monoisotopic (exact) mass is 361 g/mol. The fraction of sp³-hybridized carbons (Fsp3) is 0.167. The largest absolute Gasteiger partial charge is 0.462 e. The molecular weight excluding hydrogens is 347 g/mol. The molecule has 8 heteroatoms. The summed E-state index contributed by atoms with van der Waals surface area (Å²) in [5.74, 6) is -0.644. The van der Waals surface area contributed by atoms with Gasteiger partial charge in [0.05, 0.1) is 18.3 Å². The van der Waals surface area contributed by atoms with Crippen molar-refractivity contribution < 1.29 is 22.7 Å². The first kappa shape index (κ1) is 17.7. The number of benzene rings is 1. The van der Waals surface area contributed by atoms with Crippen LogP contribution in [0.4, 0.5) is 13.2 Å². The average molecular weight is 361 g/mol. The molecule has 1 aromatic carbocycles. The highest BCUT2D eigenvalue weighted by Gasteiger charge is 2.35. The molecule has 0 atom stereocenters. The quantitative estimate of drug-likeness (QED) is 0.555. The van der Waals surface area contributed by atoms with Crippen LogP contribution in [0, 0.1) is 0 Å². The van der Waals surface area contributed by atoms with Gasteiger partial charge in [-0.25, -0.2) is 4.79 Å². The van der Waals surface area contributed by atoms with Gasteiger partial charge in [0, 0.05) is 35.2 Å². The summed E-state index contributed by atoms with van der Waals surface area (Å²) in [5.41, 5.74) is 0.514. The summed E-state index contributed by atoms with van der Waals surface area (Å²) in [6.07, 6.45) is 0.924. The van der Waals surface area contributed by atoms with Gasteiger partial charge in [-0.2, -0.15) is 18.3 Å². The Bertz CT molecular complexity index is 943. The zero-order chi connectivity index (χ0) is 18.6. The molecule has 0 saturated carbocycles. The fourth-order valence-electron chi connectivity index (χ4n) is 2.48. The maximum absolute atomic E-state index is 12.7. The lowest BCUT2D eigenvalue weighted by Crippen LogP contribution is -2.11. The Morgan fingerprint density at radius 1 is 1.23 bits per heavy atom. The predicted molar refractivity (Wildman–Crippen MR) is 89.0 cm³/mol. The fourth-order valence-corrected chi connectivity index (χ4v) is 2.48. The van der Waals surface area contributed by atoms with E-state index in [4.69, 9.17) is 4.74 Å². The maximum atomic E-state index is 12.7. The van der Waals surface area contributed by atoms with E-state index in [1.165, 1.54) is 6.08 Å². The van der Waals surface area contributed by atoms with Gasteiger partial charge in [-0.15, -0.1) is 0 Å². The third-order valence-corrected chi connectivity index (χ3v) is 3.68. The number of aromatic amines is 1. The number of rotatable bonds is 5. The summed E-state index contributed by atoms with van der Waals surface area (Å²) in [6, 6.07) is 9.27. The molecule has 26 heavy (non-hydrogen) atoms. The number of nitrogens with one attached hydrogen (secondary N) is 1. The van der Waals surface area contributed by atoms with Crippen LogP contribution in [0.15, 0.2) is 48.8 Å². The Hall–Kier alpha value is -3.16. The van der Waals surface area contributed by atoms with Gasteiger partial charge in [0.25, 0.3) is 0 Å². The zero-order valence-electron chi connectivity index (χ0n) is 13.5. The minimum Gasteiger partial charge on any atom is -0.462 e. The second-order valence-electron chi connectivity index (χ2n) is 5.44. The molecule has 1 N–H and O–H groups in total. The van der Waals surface area contributed by atoms with E-state index in [1.807, 2.05) is 29.4 Å². The van der Waals surface area contributed by atoms with E-state index < -0.39 is 17.8 Å². The van der Waals surface area contributed by atoms with E-state index in [0.717, 1.165) is 22.7 Å². The molecule has 0 saturated heterocycles. The summed E-state index contributed by atoms with van der Waals surface area (Å²) in [4.78, 5) is 16.1. The summed E-state index contributed by atoms with van der Waals surface area (Å²) in [7, 11) is 0. The van der Waals surface area contributed by atoms with Crippen molar-refractivity contribution in [2.24, 2.45) is 0 Å². The second kappa shape index (κ2) is 7.38. The van der Waals surface area contributed by atoms with E-state index in [-0.39, 0.29) is 18.6 Å². The molecule has 0 aliphatic heterocycles. The lowest BCUT2D eigenvalue weighted by molar-refractivity contribution is -0.141. The van der Waals surface area contributed by atoms with Crippen molar-refractivity contribution in [3.05, 3.63) is 65.6 Å². The Morgan fingerprint density at radius 3 is 2.85 bits per heavy atom. The van der Waals surface area contributed by atoms with Crippen LogP contribution in [0.25, 0.3) is 17.0 Å². The lowest BCUT2D eigenvalue weighted by Gasteiger charge is -2.07. The number of carbonyl (C=O) groups is 1. The maximum Gasteiger partial charge on any atom is 0.433 e. The van der Waals surface area contributed by atoms with Crippen molar-refractivity contribution in [2.45, 2.75) is 12.6 Å². The first-order valence-corrected chi connectivity index (χ1v) is 7.73. The van der Waals surface area contributed by atoms with Crippen molar-refractivity contribution in [2.75, 3.05) is 6.61 Å². The van der Waals surface area contributed by atoms with E-state index in [2.05, 4.69) is 10.1 Å². The van der Waals surface area contributed by atoms with Gasteiger partial charge in [-0.1, -0.05) is 24.3 Å². The summed E-state index contributed by atoms with van der Waals surface area (Å²) >= 11 is 0. The third-order valence-electron chi connectivity index (χ3n) is 3.68. The number of alkyl halides is 3. The van der Waals surface area contributed by atoms with E-state index >= 15 is 0 Å². The number of H-pyrrole nitrogens is 1. The number of para-hydroxylation sites is 1. The summed E-state index contributed by atoms with van der Waals surface area (Å²) in [5, 5.41) is 6.23. The first-order chi connectivity index (χ1) is 12.4. The highest BCUT2D eigenvalue weighted by atomic mass is 19.4. The molecule has 0 aliphatic carbocycles. The van der Waals surface area contributed by atoms with Crippen LogP contribution in [0.5, 0.6) is 0 Å². The summed E-state index contributed by atoms with van der Waals surface area (Å²) < 4.78 is 43.1. The molecule has 2 heterocycles. The molecule has 0 fully saturated rings. The van der Waals surface area contributed by atoms with Crippen LogP contribution in [-0.4, -0.2) is 27.8 Å². The van der Waals surface area contributed by atoms with Gasteiger partial charge in [0.1, 0.15) is 5.69 Å². The summed E-state index contributed by atoms with van der Waals surface area (Å²) in [6.45, 7) is -0.181. The molecule has 0 aliphatic rings. The molecule has 0 amide bonds. The van der Waals surface area contributed by atoms with Gasteiger partial charge in [0.2, 0.25) is 0 Å². The van der Waals surface area contributed by atoms with Gasteiger partial charge in [-0.05, 0) is 12.1 Å². The first-order valence-electron chi connectivity index (χ1n) is 7.73. The van der Waals surface area contributed by atoms with Gasteiger partial charge >= 0.3 is 12.1 Å². The molecular formula is C18H14F3N3O2. The van der Waals surface area contributed by atoms with Crippen molar-refractivity contribution in [1.29, 1.82) is 0 Å². The van der Waals surface area contributed by atoms with Gasteiger partial charge in [-0.3, -0.25) is 10.1 Å². The molecule has 5 nitrogen and oxygen atoms in total. The SMILES string of the molecule is O=C(C=Cc1cccc2cccnc12)OCCc1cn[nH]c1C(F)(F)F. The predicted octanol–water partition coefficient (Wildman–Crippen LogP) is 3.78. The standard InChI is InChI=1S/C18H14F3N3O2/c19-18(20,21)17-14(11-23-24-17)8-10-26-15(25)7-6-13-4-1-3-12-5-2-9-22-16(12)13/h1-7,9,11H,8,10H2,(H,23,24). The van der Waals surface area contributed by atoms with Crippen LogP contribution >= 0.6 is 0 Å². The number of pyridine rings is 1. The molecule has 0 spiro atoms. The Morgan fingerprint density at radius 2 is 2.04 bits per heavy atom. The average Bonchev–Trinajstić information content (AvgIpc) is 3.09. The minimum atomic E-state index is -4.52. The van der Waals surface area contributed by atoms with Crippen LogP contribution in [0.2, 0.25) is 0 Å². The van der Waals surface area contributed by atoms with Crippen molar-refractivity contribution in [3.8, 4) is 0 Å². The molecule has 2 aromatic heterocycles. The molecule has 0 bridgehead atoms. The number of ether oxygens (including phenoxy) is 1. The number of carbonyl (C=O) groups excluding carboxylic acids is 1. The molecule has 3 rings (SSSR count). The van der Waals surface area contributed by atoms with Crippen molar-refractivity contribution in [1.82, 2.24) is 15.2 Å². The topological polar surface area (TPSA) is 67.9 Å². The number of hydrogen-bond acceptors (Lipinski definition) is 4. The van der Waals surface area contributed by atoms with E-state index in [9.17, 15) is 18.0 Å². The van der Waals surface area contributed by atoms with Crippen LogP contribution in [-0.2, 0) is 22.1 Å². The normalized spacial score (nSPS) is 12.0. The van der Waals surface area contributed by atoms with Gasteiger partial charge in [0.15, 0.2) is 0 Å². The molecule has 3 aromatic rings. The lowest BCUT2D eigenvalue weighted by atomic mass is 10.1. The number of aromatic nitrogens is 3.